The van der Waals surface area contributed by atoms with Gasteiger partial charge in [-0.3, -0.25) is 9.59 Å². The molecule has 0 saturated carbocycles. The molecule has 0 fully saturated rings. The highest BCUT2D eigenvalue weighted by Crippen LogP contribution is 2.32. The zero-order valence-electron chi connectivity index (χ0n) is 14.3. The molecule has 28 heavy (non-hydrogen) atoms. The molecule has 3 N–H and O–H groups in total. The van der Waals surface area contributed by atoms with Crippen LogP contribution in [-0.4, -0.2) is 18.4 Å². The van der Waals surface area contributed by atoms with Gasteiger partial charge in [0.05, 0.1) is 33.6 Å². The average molecular weight is 439 g/mol. The molecule has 0 aliphatic heterocycles. The highest BCUT2D eigenvalue weighted by Gasteiger charge is 2.10. The van der Waals surface area contributed by atoms with Gasteiger partial charge in [0.15, 0.2) is 5.76 Å². The van der Waals surface area contributed by atoms with Crippen LogP contribution >= 0.6 is 34.8 Å². The van der Waals surface area contributed by atoms with E-state index in [1.54, 1.807) is 42.5 Å². The standard InChI is InChI=1S/C19H14Cl3N3O3/c20-13-8-15(22)16(9-14(13)21)23-10-18(26)24-11-3-1-4-12(7-11)25-19(27)17-5-2-6-28-17/h1-9,23H,10H2,(H,24,26)(H,25,27). The molecule has 0 aliphatic rings. The molecule has 1 aromatic heterocycles. The molecule has 6 nitrogen and oxygen atoms in total. The van der Waals surface area contributed by atoms with E-state index in [0.717, 1.165) is 0 Å². The third-order valence-corrected chi connectivity index (χ3v) is 4.63. The Morgan fingerprint density at radius 2 is 1.57 bits per heavy atom. The number of carbonyl (C=O) groups is 2. The van der Waals surface area contributed by atoms with Crippen LogP contribution in [0.2, 0.25) is 15.1 Å². The van der Waals surface area contributed by atoms with Crippen LogP contribution in [0.5, 0.6) is 0 Å². The number of furan rings is 1. The van der Waals surface area contributed by atoms with E-state index in [0.29, 0.717) is 32.1 Å². The summed E-state index contributed by atoms with van der Waals surface area (Å²) in [6.07, 6.45) is 1.42. The van der Waals surface area contributed by atoms with Crippen LogP contribution in [0.15, 0.2) is 59.2 Å². The van der Waals surface area contributed by atoms with Gasteiger partial charge < -0.3 is 20.4 Å². The third-order valence-electron chi connectivity index (χ3n) is 3.60. The maximum absolute atomic E-state index is 12.2. The normalized spacial score (nSPS) is 10.4. The summed E-state index contributed by atoms with van der Waals surface area (Å²) in [5.41, 5.74) is 1.52. The molecular formula is C19H14Cl3N3O3. The summed E-state index contributed by atoms with van der Waals surface area (Å²) in [5, 5.41) is 9.32. The number of rotatable bonds is 6. The summed E-state index contributed by atoms with van der Waals surface area (Å²) in [5.74, 6) is -0.502. The Hall–Kier alpha value is -2.67. The highest BCUT2D eigenvalue weighted by atomic mass is 35.5. The van der Waals surface area contributed by atoms with Crippen molar-refractivity contribution in [2.24, 2.45) is 0 Å². The Labute approximate surface area is 175 Å². The molecule has 0 atom stereocenters. The topological polar surface area (TPSA) is 83.4 Å². The number of carbonyl (C=O) groups excluding carboxylic acids is 2. The van der Waals surface area contributed by atoms with Gasteiger partial charge in [0.1, 0.15) is 0 Å². The van der Waals surface area contributed by atoms with E-state index in [1.807, 2.05) is 0 Å². The monoisotopic (exact) mass is 437 g/mol. The fourth-order valence-corrected chi connectivity index (χ4v) is 2.93. The van der Waals surface area contributed by atoms with Gasteiger partial charge in [-0.1, -0.05) is 40.9 Å². The van der Waals surface area contributed by atoms with Gasteiger partial charge in [-0.25, -0.2) is 0 Å². The lowest BCUT2D eigenvalue weighted by atomic mass is 10.2. The molecule has 2 amide bonds. The van der Waals surface area contributed by atoms with Crippen LogP contribution in [0.1, 0.15) is 10.6 Å². The van der Waals surface area contributed by atoms with Crippen LogP contribution in [0.25, 0.3) is 0 Å². The SMILES string of the molecule is O=C(CNc1cc(Cl)c(Cl)cc1Cl)Nc1cccc(NC(=O)c2ccco2)c1. The maximum Gasteiger partial charge on any atom is 0.291 e. The van der Waals surface area contributed by atoms with Crippen molar-refractivity contribution < 1.29 is 14.0 Å². The highest BCUT2D eigenvalue weighted by molar-refractivity contribution is 6.44. The number of anilines is 3. The third kappa shape index (κ3) is 5.19. The number of amides is 2. The van der Waals surface area contributed by atoms with E-state index in [4.69, 9.17) is 39.2 Å². The summed E-state index contributed by atoms with van der Waals surface area (Å²) >= 11 is 17.9. The molecular weight excluding hydrogens is 425 g/mol. The number of nitrogens with one attached hydrogen (secondary N) is 3. The lowest BCUT2D eigenvalue weighted by molar-refractivity contribution is -0.114. The van der Waals surface area contributed by atoms with Crippen LogP contribution in [0, 0.1) is 0 Å². The Balaban J connectivity index is 1.58. The van der Waals surface area contributed by atoms with Crippen LogP contribution in [-0.2, 0) is 4.79 Å². The Kier molecular flexibility index (Phi) is 6.46. The minimum atomic E-state index is -0.385. The number of hydrogen-bond acceptors (Lipinski definition) is 4. The first kappa shape index (κ1) is 20.1. The molecule has 0 unspecified atom stereocenters. The van der Waals surface area contributed by atoms with Crippen LogP contribution in [0.4, 0.5) is 17.1 Å². The predicted molar refractivity (Wildman–Crippen MR) is 112 cm³/mol. The second-order valence-corrected chi connectivity index (χ2v) is 6.88. The minimum Gasteiger partial charge on any atom is -0.459 e. The first-order valence-electron chi connectivity index (χ1n) is 8.05. The van der Waals surface area contributed by atoms with Crippen molar-refractivity contribution in [2.75, 3.05) is 22.5 Å². The van der Waals surface area contributed by atoms with E-state index >= 15 is 0 Å². The summed E-state index contributed by atoms with van der Waals surface area (Å²) in [6.45, 7) is -0.0410. The fraction of sp³-hybridized carbons (Fsp3) is 0.0526. The molecule has 144 valence electrons. The quantitative estimate of drug-likeness (QED) is 0.441. The lowest BCUT2D eigenvalue weighted by Crippen LogP contribution is -2.22. The van der Waals surface area contributed by atoms with Crippen molar-refractivity contribution in [2.45, 2.75) is 0 Å². The summed E-state index contributed by atoms with van der Waals surface area (Å²) in [7, 11) is 0. The van der Waals surface area contributed by atoms with Crippen molar-refractivity contribution in [3.05, 3.63) is 75.6 Å². The van der Waals surface area contributed by atoms with Crippen molar-refractivity contribution in [3.63, 3.8) is 0 Å². The Morgan fingerprint density at radius 1 is 0.857 bits per heavy atom. The molecule has 0 bridgehead atoms. The molecule has 0 radical (unpaired) electrons. The number of benzene rings is 2. The van der Waals surface area contributed by atoms with Crippen LogP contribution in [0.3, 0.4) is 0 Å². The first-order valence-corrected chi connectivity index (χ1v) is 9.19. The van der Waals surface area contributed by atoms with Gasteiger partial charge in [0, 0.05) is 11.4 Å². The van der Waals surface area contributed by atoms with Gasteiger partial charge in [0.25, 0.3) is 5.91 Å². The van der Waals surface area contributed by atoms with E-state index in [1.165, 1.54) is 12.3 Å². The average Bonchev–Trinajstić information content (AvgIpc) is 3.19. The number of hydrogen-bond donors (Lipinski definition) is 3. The maximum atomic E-state index is 12.2. The van der Waals surface area contributed by atoms with Crippen LogP contribution < -0.4 is 16.0 Å². The fourth-order valence-electron chi connectivity index (χ4n) is 2.31. The van der Waals surface area contributed by atoms with Gasteiger partial charge >= 0.3 is 0 Å². The zero-order chi connectivity index (χ0) is 20.1. The molecule has 0 spiro atoms. The molecule has 1 heterocycles. The van der Waals surface area contributed by atoms with Gasteiger partial charge in [0.2, 0.25) is 5.91 Å². The zero-order valence-corrected chi connectivity index (χ0v) is 16.5. The molecule has 3 aromatic rings. The van der Waals surface area contributed by atoms with E-state index in [-0.39, 0.29) is 24.1 Å². The Bertz CT molecular complexity index is 1010. The van der Waals surface area contributed by atoms with Crippen molar-refractivity contribution in [3.8, 4) is 0 Å². The smallest absolute Gasteiger partial charge is 0.291 e. The molecule has 0 aliphatic carbocycles. The lowest BCUT2D eigenvalue weighted by Gasteiger charge is -2.11. The summed E-state index contributed by atoms with van der Waals surface area (Å²) in [6, 6.07) is 13.0. The number of halogens is 3. The van der Waals surface area contributed by atoms with E-state index < -0.39 is 0 Å². The predicted octanol–water partition coefficient (Wildman–Crippen LogP) is 5.54. The van der Waals surface area contributed by atoms with Crippen molar-refractivity contribution in [1.29, 1.82) is 0 Å². The van der Waals surface area contributed by atoms with Gasteiger partial charge in [-0.2, -0.15) is 0 Å². The summed E-state index contributed by atoms with van der Waals surface area (Å²) < 4.78 is 5.04. The van der Waals surface area contributed by atoms with E-state index in [2.05, 4.69) is 16.0 Å². The Morgan fingerprint density at radius 3 is 2.29 bits per heavy atom. The van der Waals surface area contributed by atoms with Crippen molar-refractivity contribution in [1.82, 2.24) is 0 Å². The van der Waals surface area contributed by atoms with E-state index in [9.17, 15) is 9.59 Å². The molecule has 0 saturated heterocycles. The largest absolute Gasteiger partial charge is 0.459 e. The first-order chi connectivity index (χ1) is 13.4. The van der Waals surface area contributed by atoms with Gasteiger partial charge in [-0.05, 0) is 42.5 Å². The second kappa shape index (κ2) is 9.01. The molecule has 9 heteroatoms. The minimum absolute atomic E-state index is 0.0410. The molecule has 3 rings (SSSR count). The van der Waals surface area contributed by atoms with Crippen molar-refractivity contribution >= 4 is 63.7 Å². The second-order valence-electron chi connectivity index (χ2n) is 5.66. The molecule has 2 aromatic carbocycles. The summed E-state index contributed by atoms with van der Waals surface area (Å²) in [4.78, 5) is 24.2. The van der Waals surface area contributed by atoms with Gasteiger partial charge in [-0.15, -0.1) is 0 Å².